The van der Waals surface area contributed by atoms with Crippen LogP contribution in [0.4, 0.5) is 10.5 Å². The summed E-state index contributed by atoms with van der Waals surface area (Å²) in [7, 11) is 0. The van der Waals surface area contributed by atoms with E-state index in [-0.39, 0.29) is 12.1 Å². The third kappa shape index (κ3) is 4.40. The molecule has 130 valence electrons. The number of urea groups is 1. The van der Waals surface area contributed by atoms with Gasteiger partial charge in [-0.3, -0.25) is 4.68 Å². The lowest BCUT2D eigenvalue weighted by Gasteiger charge is -2.14. The van der Waals surface area contributed by atoms with Crippen molar-refractivity contribution in [2.24, 2.45) is 0 Å². The molecule has 0 aliphatic rings. The van der Waals surface area contributed by atoms with Crippen molar-refractivity contribution >= 4 is 11.7 Å². The minimum Gasteiger partial charge on any atom is -0.334 e. The molecule has 0 aliphatic carbocycles. The normalized spacial score (nSPS) is 11.9. The molecule has 0 saturated heterocycles. The first-order chi connectivity index (χ1) is 12.1. The van der Waals surface area contributed by atoms with E-state index in [1.807, 2.05) is 26.0 Å². The van der Waals surface area contributed by atoms with Crippen LogP contribution in [0.3, 0.4) is 0 Å². The molecule has 1 aromatic carbocycles. The molecule has 25 heavy (non-hydrogen) atoms. The standard InChI is InChI=1S/C16H19N7O2/c1-3-14-21-15(25-22-14)12-5-4-6-13(7-12)20-16(24)19-11(2)8-23-10-17-9-18-23/h4-7,9-11H,3,8H2,1-2H3,(H2,19,20,24)/t11-/m1/s1. The molecular weight excluding hydrogens is 322 g/mol. The predicted molar refractivity (Wildman–Crippen MR) is 90.8 cm³/mol. The fraction of sp³-hybridized carbons (Fsp3) is 0.312. The topological polar surface area (TPSA) is 111 Å². The zero-order valence-corrected chi connectivity index (χ0v) is 14.0. The van der Waals surface area contributed by atoms with E-state index in [1.165, 1.54) is 6.33 Å². The van der Waals surface area contributed by atoms with Gasteiger partial charge in [-0.15, -0.1) is 0 Å². The molecule has 0 bridgehead atoms. The van der Waals surface area contributed by atoms with Gasteiger partial charge in [0.2, 0.25) is 0 Å². The van der Waals surface area contributed by atoms with Crippen LogP contribution >= 0.6 is 0 Å². The molecule has 0 unspecified atom stereocenters. The molecule has 0 fully saturated rings. The number of hydrogen-bond acceptors (Lipinski definition) is 6. The van der Waals surface area contributed by atoms with Gasteiger partial charge in [0.05, 0.1) is 6.54 Å². The van der Waals surface area contributed by atoms with Crippen LogP contribution in [0.15, 0.2) is 41.4 Å². The summed E-state index contributed by atoms with van der Waals surface area (Å²) in [6, 6.07) is 6.84. The Balaban J connectivity index is 1.60. The average molecular weight is 341 g/mol. The Labute approximate surface area is 144 Å². The van der Waals surface area contributed by atoms with Crippen molar-refractivity contribution in [3.8, 4) is 11.5 Å². The Hall–Kier alpha value is -3.23. The maximum Gasteiger partial charge on any atom is 0.319 e. The predicted octanol–water partition coefficient (Wildman–Crippen LogP) is 2.10. The summed E-state index contributed by atoms with van der Waals surface area (Å²) in [6.07, 6.45) is 3.77. The first kappa shape index (κ1) is 16.6. The van der Waals surface area contributed by atoms with Gasteiger partial charge >= 0.3 is 6.03 Å². The Morgan fingerprint density at radius 3 is 3.00 bits per heavy atom. The summed E-state index contributed by atoms with van der Waals surface area (Å²) in [4.78, 5) is 20.3. The summed E-state index contributed by atoms with van der Waals surface area (Å²) in [5, 5.41) is 13.5. The van der Waals surface area contributed by atoms with Gasteiger partial charge in [0, 0.05) is 23.7 Å². The van der Waals surface area contributed by atoms with Crippen LogP contribution in [0.1, 0.15) is 19.7 Å². The minimum atomic E-state index is -0.301. The summed E-state index contributed by atoms with van der Waals surface area (Å²) < 4.78 is 6.88. The molecular formula is C16H19N7O2. The highest BCUT2D eigenvalue weighted by Gasteiger charge is 2.11. The smallest absolute Gasteiger partial charge is 0.319 e. The number of amides is 2. The summed E-state index contributed by atoms with van der Waals surface area (Å²) in [5.74, 6) is 1.08. The van der Waals surface area contributed by atoms with Gasteiger partial charge in [-0.05, 0) is 25.1 Å². The SMILES string of the molecule is CCc1noc(-c2cccc(NC(=O)N[C@H](C)Cn3cncn3)c2)n1. The lowest BCUT2D eigenvalue weighted by Crippen LogP contribution is -2.38. The molecule has 2 heterocycles. The van der Waals surface area contributed by atoms with Gasteiger partial charge in [-0.1, -0.05) is 18.1 Å². The van der Waals surface area contributed by atoms with Crippen molar-refractivity contribution in [1.29, 1.82) is 0 Å². The highest BCUT2D eigenvalue weighted by atomic mass is 16.5. The summed E-state index contributed by atoms with van der Waals surface area (Å²) in [6.45, 7) is 4.38. The molecule has 0 radical (unpaired) electrons. The van der Waals surface area contributed by atoms with Crippen LogP contribution in [0.5, 0.6) is 0 Å². The van der Waals surface area contributed by atoms with E-state index in [0.717, 1.165) is 5.56 Å². The number of rotatable bonds is 6. The number of nitrogens with zero attached hydrogens (tertiary/aromatic N) is 5. The molecule has 0 aliphatic heterocycles. The number of anilines is 1. The second-order valence-corrected chi connectivity index (χ2v) is 5.57. The third-order valence-corrected chi connectivity index (χ3v) is 3.46. The van der Waals surface area contributed by atoms with Crippen molar-refractivity contribution in [3.63, 3.8) is 0 Å². The maximum absolute atomic E-state index is 12.1. The maximum atomic E-state index is 12.1. The van der Waals surface area contributed by atoms with E-state index in [2.05, 4.69) is 30.9 Å². The monoisotopic (exact) mass is 341 g/mol. The molecule has 1 atom stereocenters. The van der Waals surface area contributed by atoms with Crippen LogP contribution in [0.2, 0.25) is 0 Å². The van der Waals surface area contributed by atoms with Crippen LogP contribution < -0.4 is 10.6 Å². The Bertz CT molecular complexity index is 829. The second-order valence-electron chi connectivity index (χ2n) is 5.57. The minimum absolute atomic E-state index is 0.104. The van der Waals surface area contributed by atoms with Crippen molar-refractivity contribution in [3.05, 3.63) is 42.7 Å². The van der Waals surface area contributed by atoms with Crippen molar-refractivity contribution in [2.45, 2.75) is 32.9 Å². The van der Waals surface area contributed by atoms with E-state index in [9.17, 15) is 4.79 Å². The highest BCUT2D eigenvalue weighted by Crippen LogP contribution is 2.21. The molecule has 9 heteroatoms. The average Bonchev–Trinajstić information content (AvgIpc) is 3.26. The Kier molecular flexibility index (Phi) is 5.03. The fourth-order valence-corrected chi connectivity index (χ4v) is 2.29. The van der Waals surface area contributed by atoms with Crippen molar-refractivity contribution < 1.29 is 9.32 Å². The molecule has 3 aromatic rings. The van der Waals surface area contributed by atoms with Crippen LogP contribution in [-0.4, -0.2) is 37.0 Å². The quantitative estimate of drug-likeness (QED) is 0.710. The van der Waals surface area contributed by atoms with Crippen molar-refractivity contribution in [2.75, 3.05) is 5.32 Å². The molecule has 0 spiro atoms. The van der Waals surface area contributed by atoms with E-state index >= 15 is 0 Å². The van der Waals surface area contributed by atoms with E-state index in [0.29, 0.717) is 30.4 Å². The van der Waals surface area contributed by atoms with E-state index in [4.69, 9.17) is 4.52 Å². The van der Waals surface area contributed by atoms with Gasteiger partial charge in [-0.25, -0.2) is 9.78 Å². The lowest BCUT2D eigenvalue weighted by molar-refractivity contribution is 0.247. The first-order valence-electron chi connectivity index (χ1n) is 7.97. The summed E-state index contributed by atoms with van der Waals surface area (Å²) in [5.41, 5.74) is 1.39. The van der Waals surface area contributed by atoms with E-state index < -0.39 is 0 Å². The number of carbonyl (C=O) groups excluding carboxylic acids is 1. The zero-order chi connectivity index (χ0) is 17.6. The Morgan fingerprint density at radius 2 is 2.28 bits per heavy atom. The molecule has 2 N–H and O–H groups in total. The van der Waals surface area contributed by atoms with Crippen LogP contribution in [0, 0.1) is 0 Å². The molecule has 2 aromatic heterocycles. The van der Waals surface area contributed by atoms with Gasteiger partial charge < -0.3 is 15.2 Å². The third-order valence-electron chi connectivity index (χ3n) is 3.46. The molecule has 0 saturated carbocycles. The van der Waals surface area contributed by atoms with Gasteiger partial charge in [0.25, 0.3) is 5.89 Å². The number of nitrogens with one attached hydrogen (secondary N) is 2. The molecule has 9 nitrogen and oxygen atoms in total. The lowest BCUT2D eigenvalue weighted by atomic mass is 10.2. The fourth-order valence-electron chi connectivity index (χ4n) is 2.29. The number of aryl methyl sites for hydroxylation is 1. The molecule has 2 amide bonds. The second kappa shape index (κ2) is 7.56. The van der Waals surface area contributed by atoms with Crippen LogP contribution in [0.25, 0.3) is 11.5 Å². The van der Waals surface area contributed by atoms with Crippen molar-refractivity contribution in [1.82, 2.24) is 30.2 Å². The number of aromatic nitrogens is 5. The van der Waals surface area contributed by atoms with Gasteiger partial charge in [-0.2, -0.15) is 10.1 Å². The summed E-state index contributed by atoms with van der Waals surface area (Å²) >= 11 is 0. The number of benzene rings is 1. The highest BCUT2D eigenvalue weighted by molar-refractivity contribution is 5.90. The van der Waals surface area contributed by atoms with Crippen LogP contribution in [-0.2, 0) is 13.0 Å². The number of carbonyl (C=O) groups is 1. The zero-order valence-electron chi connectivity index (χ0n) is 14.0. The van der Waals surface area contributed by atoms with E-state index in [1.54, 1.807) is 23.1 Å². The largest absolute Gasteiger partial charge is 0.334 e. The Morgan fingerprint density at radius 1 is 1.40 bits per heavy atom. The molecule has 3 rings (SSSR count). The first-order valence-corrected chi connectivity index (χ1v) is 7.97. The van der Waals surface area contributed by atoms with Gasteiger partial charge in [0.1, 0.15) is 12.7 Å². The van der Waals surface area contributed by atoms with Gasteiger partial charge in [0.15, 0.2) is 5.82 Å². The number of hydrogen-bond donors (Lipinski definition) is 2.